The van der Waals surface area contributed by atoms with Gasteiger partial charge in [0, 0.05) is 17.8 Å². The summed E-state index contributed by atoms with van der Waals surface area (Å²) in [5.41, 5.74) is 7.57. The molecule has 0 aliphatic rings. The summed E-state index contributed by atoms with van der Waals surface area (Å²) in [6.45, 7) is 3.50. The Morgan fingerprint density at radius 2 is 1.76 bits per heavy atom. The van der Waals surface area contributed by atoms with Crippen LogP contribution in [0.5, 0.6) is 0 Å². The molecule has 0 aliphatic heterocycles. The number of hydrogen-bond donors (Lipinski definition) is 2. The second-order valence-corrected chi connectivity index (χ2v) is 6.67. The van der Waals surface area contributed by atoms with Crippen molar-refractivity contribution >= 4 is 15.7 Å². The van der Waals surface area contributed by atoms with E-state index in [-0.39, 0.29) is 22.7 Å². The summed E-state index contributed by atoms with van der Waals surface area (Å²) < 4.78 is 40.6. The Bertz CT molecular complexity index is 756. The van der Waals surface area contributed by atoms with Crippen LogP contribution >= 0.6 is 0 Å². The molecule has 0 unspecified atom stereocenters. The minimum atomic E-state index is -3.81. The van der Waals surface area contributed by atoms with Gasteiger partial charge in [-0.3, -0.25) is 0 Å². The van der Waals surface area contributed by atoms with Gasteiger partial charge in [-0.15, -0.1) is 0 Å². The SMILES string of the molecule is Cc1ccc(CNS(=O)(=O)c2cc(N)cc(F)c2C)cc1. The van der Waals surface area contributed by atoms with Crippen LogP contribution in [0, 0.1) is 19.7 Å². The molecule has 0 heterocycles. The quantitative estimate of drug-likeness (QED) is 0.852. The molecule has 2 rings (SSSR count). The number of nitrogens with two attached hydrogens (primary N) is 1. The molecule has 0 radical (unpaired) electrons. The predicted octanol–water partition coefficient (Wildman–Crippen LogP) is 2.50. The molecule has 6 heteroatoms. The molecule has 2 aromatic rings. The molecule has 3 N–H and O–H groups in total. The van der Waals surface area contributed by atoms with E-state index in [2.05, 4.69) is 4.72 Å². The van der Waals surface area contributed by atoms with Crippen LogP contribution in [0.2, 0.25) is 0 Å². The summed E-state index contributed by atoms with van der Waals surface area (Å²) in [6.07, 6.45) is 0. The second-order valence-electron chi connectivity index (χ2n) is 4.94. The third kappa shape index (κ3) is 3.59. The summed E-state index contributed by atoms with van der Waals surface area (Å²) in [4.78, 5) is -0.132. The highest BCUT2D eigenvalue weighted by molar-refractivity contribution is 7.89. The lowest BCUT2D eigenvalue weighted by molar-refractivity contribution is 0.574. The summed E-state index contributed by atoms with van der Waals surface area (Å²) >= 11 is 0. The lowest BCUT2D eigenvalue weighted by atomic mass is 10.2. The number of aryl methyl sites for hydroxylation is 1. The average molecular weight is 308 g/mol. The van der Waals surface area contributed by atoms with E-state index in [0.29, 0.717) is 0 Å². The minimum Gasteiger partial charge on any atom is -0.399 e. The van der Waals surface area contributed by atoms with Gasteiger partial charge in [-0.05, 0) is 31.5 Å². The van der Waals surface area contributed by atoms with Gasteiger partial charge in [-0.25, -0.2) is 17.5 Å². The van der Waals surface area contributed by atoms with E-state index < -0.39 is 15.8 Å². The molecule has 0 aromatic heterocycles. The zero-order valence-electron chi connectivity index (χ0n) is 11.9. The maximum Gasteiger partial charge on any atom is 0.241 e. The first-order valence-corrected chi connectivity index (χ1v) is 7.89. The van der Waals surface area contributed by atoms with Gasteiger partial charge in [0.1, 0.15) is 5.82 Å². The monoisotopic (exact) mass is 308 g/mol. The molecule has 0 saturated carbocycles. The van der Waals surface area contributed by atoms with Gasteiger partial charge in [0.05, 0.1) is 4.90 Å². The highest BCUT2D eigenvalue weighted by atomic mass is 32.2. The zero-order valence-corrected chi connectivity index (χ0v) is 12.7. The fraction of sp³-hybridized carbons (Fsp3) is 0.200. The molecule has 0 amide bonds. The molecule has 21 heavy (non-hydrogen) atoms. The van der Waals surface area contributed by atoms with Crippen LogP contribution in [0.25, 0.3) is 0 Å². The largest absolute Gasteiger partial charge is 0.399 e. The molecular formula is C15H17FN2O2S. The zero-order chi connectivity index (χ0) is 15.6. The fourth-order valence-corrected chi connectivity index (χ4v) is 3.22. The lowest BCUT2D eigenvalue weighted by Crippen LogP contribution is -2.24. The van der Waals surface area contributed by atoms with Crippen molar-refractivity contribution in [1.82, 2.24) is 4.72 Å². The number of benzene rings is 2. The number of sulfonamides is 1. The van der Waals surface area contributed by atoms with Gasteiger partial charge in [0.2, 0.25) is 10.0 Å². The van der Waals surface area contributed by atoms with Crippen LogP contribution in [0.3, 0.4) is 0 Å². The smallest absolute Gasteiger partial charge is 0.241 e. The first-order chi connectivity index (χ1) is 9.79. The summed E-state index contributed by atoms with van der Waals surface area (Å²) in [7, 11) is -3.81. The third-order valence-corrected chi connectivity index (χ3v) is 4.72. The maximum absolute atomic E-state index is 13.6. The lowest BCUT2D eigenvalue weighted by Gasteiger charge is -2.11. The number of nitrogens with one attached hydrogen (secondary N) is 1. The van der Waals surface area contributed by atoms with Crippen LogP contribution in [0.1, 0.15) is 16.7 Å². The Hall–Kier alpha value is -1.92. The van der Waals surface area contributed by atoms with E-state index in [4.69, 9.17) is 5.73 Å². The van der Waals surface area contributed by atoms with Gasteiger partial charge >= 0.3 is 0 Å². The molecule has 0 atom stereocenters. The molecule has 112 valence electrons. The van der Waals surface area contributed by atoms with Crippen LogP contribution in [-0.4, -0.2) is 8.42 Å². The summed E-state index contributed by atoms with van der Waals surface area (Å²) in [6, 6.07) is 9.84. The van der Waals surface area contributed by atoms with Crippen molar-refractivity contribution in [2.24, 2.45) is 0 Å². The van der Waals surface area contributed by atoms with Crippen molar-refractivity contribution in [2.45, 2.75) is 25.3 Å². The number of halogens is 1. The molecule has 0 bridgehead atoms. The van der Waals surface area contributed by atoms with Crippen molar-refractivity contribution in [3.8, 4) is 0 Å². The third-order valence-electron chi connectivity index (χ3n) is 3.20. The molecule has 0 fully saturated rings. The molecule has 2 aromatic carbocycles. The second kappa shape index (κ2) is 5.83. The van der Waals surface area contributed by atoms with E-state index in [0.717, 1.165) is 17.2 Å². The highest BCUT2D eigenvalue weighted by Gasteiger charge is 2.19. The van der Waals surface area contributed by atoms with E-state index in [1.165, 1.54) is 13.0 Å². The Labute approximate surface area is 123 Å². The van der Waals surface area contributed by atoms with Crippen molar-refractivity contribution < 1.29 is 12.8 Å². The fourth-order valence-electron chi connectivity index (χ4n) is 1.91. The Kier molecular flexibility index (Phi) is 4.29. The van der Waals surface area contributed by atoms with Crippen molar-refractivity contribution in [3.63, 3.8) is 0 Å². The Balaban J connectivity index is 2.25. The molecule has 0 aliphatic carbocycles. The number of anilines is 1. The number of rotatable bonds is 4. The van der Waals surface area contributed by atoms with Crippen LogP contribution in [0.4, 0.5) is 10.1 Å². The summed E-state index contributed by atoms with van der Waals surface area (Å²) in [5.74, 6) is -0.634. The molecule has 0 saturated heterocycles. The summed E-state index contributed by atoms with van der Waals surface area (Å²) in [5, 5.41) is 0. The topological polar surface area (TPSA) is 72.2 Å². The highest BCUT2D eigenvalue weighted by Crippen LogP contribution is 2.21. The molecular weight excluding hydrogens is 291 g/mol. The van der Waals surface area contributed by atoms with E-state index in [1.807, 2.05) is 31.2 Å². The standard InChI is InChI=1S/C15H17FN2O2S/c1-10-3-5-12(6-4-10)9-18-21(19,20)15-8-13(17)7-14(16)11(15)2/h3-8,18H,9,17H2,1-2H3. The van der Waals surface area contributed by atoms with Gasteiger partial charge in [0.15, 0.2) is 0 Å². The maximum atomic E-state index is 13.6. The van der Waals surface area contributed by atoms with Crippen LogP contribution in [0.15, 0.2) is 41.3 Å². The Morgan fingerprint density at radius 1 is 1.14 bits per heavy atom. The van der Waals surface area contributed by atoms with Gasteiger partial charge in [0.25, 0.3) is 0 Å². The number of nitrogen functional groups attached to an aromatic ring is 1. The predicted molar refractivity (Wildman–Crippen MR) is 80.8 cm³/mol. The minimum absolute atomic E-state index is 0.0561. The average Bonchev–Trinajstić information content (AvgIpc) is 2.42. The van der Waals surface area contributed by atoms with E-state index in [9.17, 15) is 12.8 Å². The van der Waals surface area contributed by atoms with Gasteiger partial charge < -0.3 is 5.73 Å². The normalized spacial score (nSPS) is 11.6. The van der Waals surface area contributed by atoms with Gasteiger partial charge in [-0.1, -0.05) is 29.8 Å². The van der Waals surface area contributed by atoms with Gasteiger partial charge in [-0.2, -0.15) is 0 Å². The number of hydrogen-bond acceptors (Lipinski definition) is 3. The van der Waals surface area contributed by atoms with E-state index in [1.54, 1.807) is 0 Å². The molecule has 0 spiro atoms. The van der Waals surface area contributed by atoms with Crippen molar-refractivity contribution in [1.29, 1.82) is 0 Å². The van der Waals surface area contributed by atoms with Crippen LogP contribution in [-0.2, 0) is 16.6 Å². The van der Waals surface area contributed by atoms with E-state index >= 15 is 0 Å². The van der Waals surface area contributed by atoms with Crippen LogP contribution < -0.4 is 10.5 Å². The first-order valence-electron chi connectivity index (χ1n) is 6.40. The first kappa shape index (κ1) is 15.5. The Morgan fingerprint density at radius 3 is 2.38 bits per heavy atom. The van der Waals surface area contributed by atoms with Crippen molar-refractivity contribution in [2.75, 3.05) is 5.73 Å². The van der Waals surface area contributed by atoms with Crippen molar-refractivity contribution in [3.05, 3.63) is 58.9 Å². The molecule has 4 nitrogen and oxygen atoms in total.